The molecule has 2 rings (SSSR count). The average Bonchev–Trinajstić information content (AvgIpc) is 2.69. The fourth-order valence-electron chi connectivity index (χ4n) is 2.03. The number of rotatable bonds is 3. The van der Waals surface area contributed by atoms with Gasteiger partial charge in [-0.3, -0.25) is 4.90 Å². The van der Waals surface area contributed by atoms with Crippen molar-refractivity contribution in [1.82, 2.24) is 4.90 Å². The van der Waals surface area contributed by atoms with Crippen molar-refractivity contribution in [2.75, 3.05) is 20.2 Å². The summed E-state index contributed by atoms with van der Waals surface area (Å²) >= 11 is 3.50. The molecule has 0 unspecified atom stereocenters. The molecule has 0 atom stereocenters. The predicted octanol–water partition coefficient (Wildman–Crippen LogP) is 3.05. The first-order valence-electron chi connectivity index (χ1n) is 5.34. The summed E-state index contributed by atoms with van der Waals surface area (Å²) in [4.78, 5) is 2.49. The van der Waals surface area contributed by atoms with Crippen molar-refractivity contribution in [2.24, 2.45) is 0 Å². The number of halogens is 1. The first-order chi connectivity index (χ1) is 7.28. The van der Waals surface area contributed by atoms with Crippen LogP contribution in [0.15, 0.2) is 22.7 Å². The molecule has 0 amide bonds. The molecule has 0 radical (unpaired) electrons. The molecule has 0 aliphatic carbocycles. The number of hydrogen-bond donors (Lipinski definition) is 0. The van der Waals surface area contributed by atoms with Crippen molar-refractivity contribution in [3.05, 3.63) is 28.2 Å². The molecule has 0 N–H and O–H groups in total. The number of ether oxygens (including phenoxy) is 1. The van der Waals surface area contributed by atoms with Gasteiger partial charge in [0.2, 0.25) is 0 Å². The molecular weight excluding hydrogens is 254 g/mol. The van der Waals surface area contributed by atoms with Gasteiger partial charge in [0.1, 0.15) is 5.75 Å². The van der Waals surface area contributed by atoms with Crippen molar-refractivity contribution in [3.8, 4) is 5.75 Å². The van der Waals surface area contributed by atoms with E-state index in [4.69, 9.17) is 4.74 Å². The Morgan fingerprint density at radius 1 is 1.27 bits per heavy atom. The van der Waals surface area contributed by atoms with Crippen molar-refractivity contribution in [2.45, 2.75) is 19.4 Å². The third kappa shape index (κ3) is 2.95. The van der Waals surface area contributed by atoms with Crippen molar-refractivity contribution < 1.29 is 4.74 Å². The van der Waals surface area contributed by atoms with E-state index in [-0.39, 0.29) is 0 Å². The minimum absolute atomic E-state index is 0.929. The fourth-order valence-corrected chi connectivity index (χ4v) is 2.55. The molecule has 1 aliphatic rings. The van der Waals surface area contributed by atoms with E-state index in [0.717, 1.165) is 16.8 Å². The summed E-state index contributed by atoms with van der Waals surface area (Å²) < 4.78 is 6.35. The van der Waals surface area contributed by atoms with Crippen LogP contribution >= 0.6 is 15.9 Å². The van der Waals surface area contributed by atoms with E-state index in [9.17, 15) is 0 Å². The Kier molecular flexibility index (Phi) is 3.65. The molecule has 1 heterocycles. The van der Waals surface area contributed by atoms with Crippen LogP contribution in [0.5, 0.6) is 5.75 Å². The molecule has 1 aromatic carbocycles. The SMILES string of the molecule is COc1cc(Br)cc(CN2CCCC2)c1. The summed E-state index contributed by atoms with van der Waals surface area (Å²) in [6, 6.07) is 6.28. The summed E-state index contributed by atoms with van der Waals surface area (Å²) in [6.45, 7) is 3.50. The molecule has 1 fully saturated rings. The second-order valence-corrected chi connectivity index (χ2v) is 4.90. The molecule has 0 aromatic heterocycles. The van der Waals surface area contributed by atoms with Crippen LogP contribution in [-0.2, 0) is 6.54 Å². The lowest BCUT2D eigenvalue weighted by molar-refractivity contribution is 0.330. The maximum Gasteiger partial charge on any atom is 0.120 e. The van der Waals surface area contributed by atoms with Crippen molar-refractivity contribution >= 4 is 15.9 Å². The Labute approximate surface area is 99.4 Å². The smallest absolute Gasteiger partial charge is 0.120 e. The van der Waals surface area contributed by atoms with Crippen molar-refractivity contribution in [3.63, 3.8) is 0 Å². The van der Waals surface area contributed by atoms with Crippen LogP contribution in [0.3, 0.4) is 0 Å². The molecule has 1 aliphatic heterocycles. The van der Waals surface area contributed by atoms with Crippen LogP contribution in [0.4, 0.5) is 0 Å². The van der Waals surface area contributed by atoms with Crippen LogP contribution in [0.2, 0.25) is 0 Å². The first kappa shape index (κ1) is 11.0. The average molecular weight is 270 g/mol. The number of benzene rings is 1. The zero-order valence-electron chi connectivity index (χ0n) is 9.00. The molecule has 0 bridgehead atoms. The van der Waals surface area contributed by atoms with Crippen LogP contribution in [0, 0.1) is 0 Å². The van der Waals surface area contributed by atoms with Crippen molar-refractivity contribution in [1.29, 1.82) is 0 Å². The van der Waals surface area contributed by atoms with E-state index < -0.39 is 0 Å². The van der Waals surface area contributed by atoms with Crippen LogP contribution < -0.4 is 4.74 Å². The van der Waals surface area contributed by atoms with E-state index in [1.54, 1.807) is 7.11 Å². The highest BCUT2D eigenvalue weighted by Gasteiger charge is 2.12. The minimum Gasteiger partial charge on any atom is -0.497 e. The normalized spacial score (nSPS) is 16.9. The van der Waals surface area contributed by atoms with Gasteiger partial charge in [0, 0.05) is 11.0 Å². The summed E-state index contributed by atoms with van der Waals surface area (Å²) in [5.74, 6) is 0.929. The summed E-state index contributed by atoms with van der Waals surface area (Å²) in [5, 5.41) is 0. The molecule has 15 heavy (non-hydrogen) atoms. The lowest BCUT2D eigenvalue weighted by atomic mass is 10.2. The second kappa shape index (κ2) is 4.99. The molecule has 82 valence electrons. The molecule has 0 saturated carbocycles. The second-order valence-electron chi connectivity index (χ2n) is 3.98. The van der Waals surface area contributed by atoms with E-state index >= 15 is 0 Å². The monoisotopic (exact) mass is 269 g/mol. The number of methoxy groups -OCH3 is 1. The predicted molar refractivity (Wildman–Crippen MR) is 65.2 cm³/mol. The number of hydrogen-bond acceptors (Lipinski definition) is 2. The zero-order valence-corrected chi connectivity index (χ0v) is 10.6. The van der Waals surface area contributed by atoms with E-state index in [1.807, 2.05) is 6.07 Å². The Bertz CT molecular complexity index is 334. The van der Waals surface area contributed by atoms with E-state index in [2.05, 4.69) is 33.0 Å². The van der Waals surface area contributed by atoms with Gasteiger partial charge in [0.25, 0.3) is 0 Å². The maximum atomic E-state index is 5.25. The zero-order chi connectivity index (χ0) is 10.7. The van der Waals surface area contributed by atoms with Crippen LogP contribution in [0.1, 0.15) is 18.4 Å². The number of likely N-dealkylation sites (tertiary alicyclic amines) is 1. The standard InChI is InChI=1S/C12H16BrNO/c1-15-12-7-10(6-11(13)8-12)9-14-4-2-3-5-14/h6-8H,2-5,9H2,1H3. The van der Waals surface area contributed by atoms with Gasteiger partial charge in [-0.1, -0.05) is 15.9 Å². The fraction of sp³-hybridized carbons (Fsp3) is 0.500. The third-order valence-electron chi connectivity index (χ3n) is 2.77. The highest BCUT2D eigenvalue weighted by atomic mass is 79.9. The van der Waals surface area contributed by atoms with Crippen LogP contribution in [0.25, 0.3) is 0 Å². The lowest BCUT2D eigenvalue weighted by Gasteiger charge is -2.15. The van der Waals surface area contributed by atoms with E-state index in [1.165, 1.54) is 31.5 Å². The molecule has 0 spiro atoms. The molecule has 2 nitrogen and oxygen atoms in total. The van der Waals surface area contributed by atoms with Crippen LogP contribution in [-0.4, -0.2) is 25.1 Å². The van der Waals surface area contributed by atoms with Gasteiger partial charge in [-0.25, -0.2) is 0 Å². The lowest BCUT2D eigenvalue weighted by Crippen LogP contribution is -2.18. The third-order valence-corrected chi connectivity index (χ3v) is 3.23. The molecular formula is C12H16BrNO. The Hall–Kier alpha value is -0.540. The molecule has 3 heteroatoms. The van der Waals surface area contributed by atoms with E-state index in [0.29, 0.717) is 0 Å². The Balaban J connectivity index is 2.09. The summed E-state index contributed by atoms with van der Waals surface area (Å²) in [6.07, 6.45) is 2.68. The van der Waals surface area contributed by atoms with Gasteiger partial charge in [-0.05, 0) is 49.7 Å². The summed E-state index contributed by atoms with van der Waals surface area (Å²) in [7, 11) is 1.71. The van der Waals surface area contributed by atoms with Gasteiger partial charge in [0.05, 0.1) is 7.11 Å². The molecule has 1 saturated heterocycles. The molecule has 1 aromatic rings. The van der Waals surface area contributed by atoms with Gasteiger partial charge in [0.15, 0.2) is 0 Å². The summed E-state index contributed by atoms with van der Waals surface area (Å²) in [5.41, 5.74) is 1.32. The highest BCUT2D eigenvalue weighted by molar-refractivity contribution is 9.10. The highest BCUT2D eigenvalue weighted by Crippen LogP contribution is 2.23. The Morgan fingerprint density at radius 3 is 2.67 bits per heavy atom. The number of nitrogens with zero attached hydrogens (tertiary/aromatic N) is 1. The van der Waals surface area contributed by atoms with Gasteiger partial charge in [-0.15, -0.1) is 0 Å². The Morgan fingerprint density at radius 2 is 2.00 bits per heavy atom. The van der Waals surface area contributed by atoms with Gasteiger partial charge >= 0.3 is 0 Å². The quantitative estimate of drug-likeness (QED) is 0.837. The van der Waals surface area contributed by atoms with Gasteiger partial charge in [-0.2, -0.15) is 0 Å². The first-order valence-corrected chi connectivity index (χ1v) is 6.13. The minimum atomic E-state index is 0.929. The maximum absolute atomic E-state index is 5.25. The largest absolute Gasteiger partial charge is 0.497 e. The van der Waals surface area contributed by atoms with Gasteiger partial charge < -0.3 is 4.74 Å². The topological polar surface area (TPSA) is 12.5 Å².